The number of amides is 2. The summed E-state index contributed by atoms with van der Waals surface area (Å²) >= 11 is 0. The van der Waals surface area contributed by atoms with Crippen LogP contribution in [0.2, 0.25) is 0 Å². The Labute approximate surface area is 180 Å². The minimum Gasteiger partial charge on any atom is -0.482 e. The van der Waals surface area contributed by atoms with Crippen molar-refractivity contribution in [2.24, 2.45) is 0 Å². The molecule has 0 saturated carbocycles. The van der Waals surface area contributed by atoms with E-state index in [1.807, 2.05) is 30.9 Å². The van der Waals surface area contributed by atoms with Crippen LogP contribution in [0.1, 0.15) is 64.7 Å². The van der Waals surface area contributed by atoms with Gasteiger partial charge in [-0.3, -0.25) is 19.1 Å². The van der Waals surface area contributed by atoms with E-state index in [0.717, 1.165) is 16.9 Å². The second-order valence-corrected chi connectivity index (χ2v) is 8.68. The Morgan fingerprint density at radius 1 is 1.23 bits per heavy atom. The fraction of sp³-hybridized carbons (Fsp3) is 0.478. The lowest BCUT2D eigenvalue weighted by atomic mass is 9.83. The van der Waals surface area contributed by atoms with Gasteiger partial charge in [0.2, 0.25) is 5.91 Å². The van der Waals surface area contributed by atoms with E-state index in [0.29, 0.717) is 68.7 Å². The van der Waals surface area contributed by atoms with Crippen molar-refractivity contribution in [1.29, 1.82) is 0 Å². The summed E-state index contributed by atoms with van der Waals surface area (Å²) in [6.07, 6.45) is 2.62. The van der Waals surface area contributed by atoms with Crippen molar-refractivity contribution < 1.29 is 19.1 Å². The molecule has 8 heteroatoms. The van der Waals surface area contributed by atoms with Crippen LogP contribution in [0.4, 0.5) is 5.69 Å². The summed E-state index contributed by atoms with van der Waals surface area (Å²) in [6, 6.07) is 5.47. The Balaban J connectivity index is 1.30. The number of anilines is 1. The highest BCUT2D eigenvalue weighted by molar-refractivity contribution is 5.99. The van der Waals surface area contributed by atoms with E-state index in [4.69, 9.17) is 4.74 Å². The number of likely N-dealkylation sites (tertiary alicyclic amines) is 1. The molecule has 1 saturated heterocycles. The third-order valence-electron chi connectivity index (χ3n) is 6.73. The van der Waals surface area contributed by atoms with Crippen LogP contribution in [-0.2, 0) is 17.8 Å². The van der Waals surface area contributed by atoms with E-state index in [1.54, 1.807) is 10.7 Å². The number of aromatic nitrogens is 2. The summed E-state index contributed by atoms with van der Waals surface area (Å²) in [7, 11) is 0. The minimum atomic E-state index is -0.562. The molecule has 2 amide bonds. The molecule has 3 aliphatic heterocycles. The molecule has 8 nitrogen and oxygen atoms in total. The highest BCUT2D eigenvalue weighted by Crippen LogP contribution is 2.41. The van der Waals surface area contributed by atoms with E-state index in [2.05, 4.69) is 10.4 Å². The molecule has 1 fully saturated rings. The average Bonchev–Trinajstić information content (AvgIpc) is 3.09. The van der Waals surface area contributed by atoms with Gasteiger partial charge in [-0.2, -0.15) is 5.10 Å². The lowest BCUT2D eigenvalue weighted by Gasteiger charge is -2.43. The van der Waals surface area contributed by atoms with Gasteiger partial charge in [0.25, 0.3) is 5.91 Å². The highest BCUT2D eigenvalue weighted by atomic mass is 16.5. The number of ether oxygens (including phenoxy) is 1. The van der Waals surface area contributed by atoms with E-state index < -0.39 is 5.60 Å². The molecule has 4 heterocycles. The molecule has 2 aromatic rings. The average molecular weight is 422 g/mol. The maximum absolute atomic E-state index is 13.1. The van der Waals surface area contributed by atoms with Gasteiger partial charge in [0, 0.05) is 50.1 Å². The third-order valence-corrected chi connectivity index (χ3v) is 6.73. The summed E-state index contributed by atoms with van der Waals surface area (Å²) in [5.41, 5.74) is 3.17. The van der Waals surface area contributed by atoms with E-state index in [1.165, 1.54) is 0 Å². The Bertz CT molecular complexity index is 1100. The number of carbonyl (C=O) groups is 3. The van der Waals surface area contributed by atoms with Crippen LogP contribution >= 0.6 is 0 Å². The molecular formula is C23H26N4O4. The molecule has 1 spiro atoms. The number of ketones is 1. The zero-order valence-electron chi connectivity index (χ0n) is 17.9. The Morgan fingerprint density at radius 2 is 2.00 bits per heavy atom. The van der Waals surface area contributed by atoms with Crippen LogP contribution in [-0.4, -0.2) is 51.0 Å². The predicted molar refractivity (Wildman–Crippen MR) is 113 cm³/mol. The molecule has 0 bridgehead atoms. The molecule has 1 N–H and O–H groups in total. The molecule has 0 atom stereocenters. The summed E-state index contributed by atoms with van der Waals surface area (Å²) in [6.45, 7) is 5.69. The van der Waals surface area contributed by atoms with Crippen molar-refractivity contribution in [2.75, 3.05) is 18.4 Å². The number of hydrogen-bond acceptors (Lipinski definition) is 5. The molecule has 162 valence electrons. The van der Waals surface area contributed by atoms with Crippen molar-refractivity contribution >= 4 is 23.3 Å². The van der Waals surface area contributed by atoms with Gasteiger partial charge in [0.15, 0.2) is 17.2 Å². The second-order valence-electron chi connectivity index (χ2n) is 8.68. The van der Waals surface area contributed by atoms with Gasteiger partial charge in [0.05, 0.1) is 12.1 Å². The van der Waals surface area contributed by atoms with Gasteiger partial charge in [-0.25, -0.2) is 0 Å². The van der Waals surface area contributed by atoms with E-state index >= 15 is 0 Å². The number of nitrogens with zero attached hydrogens (tertiary/aromatic N) is 3. The minimum absolute atomic E-state index is 0.0119. The summed E-state index contributed by atoms with van der Waals surface area (Å²) in [4.78, 5) is 39.3. The van der Waals surface area contributed by atoms with E-state index in [-0.39, 0.29) is 17.6 Å². The van der Waals surface area contributed by atoms with Crippen molar-refractivity contribution in [3.63, 3.8) is 0 Å². The van der Waals surface area contributed by atoms with Gasteiger partial charge in [0.1, 0.15) is 5.60 Å². The largest absolute Gasteiger partial charge is 0.482 e. The van der Waals surface area contributed by atoms with Crippen LogP contribution in [0.3, 0.4) is 0 Å². The normalized spacial score (nSPS) is 19.5. The third kappa shape index (κ3) is 3.30. The lowest BCUT2D eigenvalue weighted by Crippen LogP contribution is -2.52. The lowest BCUT2D eigenvalue weighted by molar-refractivity contribution is -0.116. The first-order chi connectivity index (χ1) is 14.9. The van der Waals surface area contributed by atoms with E-state index in [9.17, 15) is 14.4 Å². The van der Waals surface area contributed by atoms with Gasteiger partial charge in [-0.15, -0.1) is 0 Å². The van der Waals surface area contributed by atoms with Crippen LogP contribution in [0.5, 0.6) is 5.75 Å². The number of carbonyl (C=O) groups excluding carboxylic acids is 3. The highest BCUT2D eigenvalue weighted by Gasteiger charge is 2.45. The van der Waals surface area contributed by atoms with Crippen LogP contribution in [0, 0.1) is 6.92 Å². The van der Waals surface area contributed by atoms with Crippen molar-refractivity contribution in [3.05, 3.63) is 40.7 Å². The SMILES string of the molecule is CCn1nc2c(c1C)OC1(CCN(C(=O)c3ccc4c(c3)CCC(=O)N4)CC1)CC2=O. The molecule has 31 heavy (non-hydrogen) atoms. The summed E-state index contributed by atoms with van der Waals surface area (Å²) in [5, 5.41) is 7.25. The van der Waals surface area contributed by atoms with Crippen LogP contribution in [0.25, 0.3) is 0 Å². The molecule has 3 aliphatic rings. The molecule has 1 aromatic heterocycles. The number of fused-ring (bicyclic) bond motifs is 2. The van der Waals surface area contributed by atoms with Gasteiger partial charge in [-0.1, -0.05) is 0 Å². The number of Topliss-reactive ketones (excluding diaryl/α,β-unsaturated/α-hetero) is 1. The quantitative estimate of drug-likeness (QED) is 0.803. The predicted octanol–water partition coefficient (Wildman–Crippen LogP) is 2.74. The van der Waals surface area contributed by atoms with Gasteiger partial charge in [-0.05, 0) is 44.0 Å². The molecular weight excluding hydrogens is 396 g/mol. The van der Waals surface area contributed by atoms with Crippen molar-refractivity contribution in [2.45, 2.75) is 58.1 Å². The zero-order valence-corrected chi connectivity index (χ0v) is 17.9. The first-order valence-electron chi connectivity index (χ1n) is 10.9. The van der Waals surface area contributed by atoms with Gasteiger partial charge < -0.3 is 15.0 Å². The maximum atomic E-state index is 13.1. The maximum Gasteiger partial charge on any atom is 0.253 e. The monoisotopic (exact) mass is 422 g/mol. The molecule has 0 unspecified atom stereocenters. The first-order valence-corrected chi connectivity index (χ1v) is 10.9. The number of hydrogen-bond donors (Lipinski definition) is 1. The first kappa shape index (κ1) is 19.8. The van der Waals surface area contributed by atoms with Crippen molar-refractivity contribution in [3.8, 4) is 5.75 Å². The number of aryl methyl sites for hydroxylation is 2. The number of piperidine rings is 1. The Hall–Kier alpha value is -3.16. The fourth-order valence-corrected chi connectivity index (χ4v) is 4.87. The van der Waals surface area contributed by atoms with Crippen LogP contribution in [0.15, 0.2) is 18.2 Å². The zero-order chi connectivity index (χ0) is 21.8. The summed E-state index contributed by atoms with van der Waals surface area (Å²) in [5.74, 6) is 0.618. The standard InChI is InChI=1S/C23H26N4O4/c1-3-27-14(2)21-20(25-27)18(28)13-23(31-21)8-10-26(11-9-23)22(30)16-4-6-17-15(12-16)5-7-19(29)24-17/h4,6,12H,3,5,7-11,13H2,1-2H3,(H,24,29). The Kier molecular flexibility index (Phi) is 4.60. The molecule has 5 rings (SSSR count). The number of benzene rings is 1. The molecule has 0 radical (unpaired) electrons. The smallest absolute Gasteiger partial charge is 0.253 e. The molecule has 0 aliphatic carbocycles. The van der Waals surface area contributed by atoms with Gasteiger partial charge >= 0.3 is 0 Å². The molecule has 1 aromatic carbocycles. The van der Waals surface area contributed by atoms with Crippen LogP contribution < -0.4 is 10.1 Å². The fourth-order valence-electron chi connectivity index (χ4n) is 4.87. The van der Waals surface area contributed by atoms with Crippen molar-refractivity contribution in [1.82, 2.24) is 14.7 Å². The topological polar surface area (TPSA) is 93.5 Å². The summed E-state index contributed by atoms with van der Waals surface area (Å²) < 4.78 is 8.18. The number of nitrogens with one attached hydrogen (secondary N) is 1. The second kappa shape index (κ2) is 7.21. The Morgan fingerprint density at radius 3 is 2.74 bits per heavy atom. The number of rotatable bonds is 2.